The molecule has 0 unspecified atom stereocenters. The van der Waals surface area contributed by atoms with Crippen LogP contribution >= 0.6 is 0 Å². The Kier molecular flexibility index (Phi) is 6.26. The number of nitrogens with zero attached hydrogens (tertiary/aromatic N) is 1. The molecular formula is C13H30N2. The predicted molar refractivity (Wildman–Crippen MR) is 69.3 cm³/mol. The summed E-state index contributed by atoms with van der Waals surface area (Å²) in [5, 5.41) is 3.30. The average Bonchev–Trinajstić information content (AvgIpc) is 2.27. The zero-order chi connectivity index (χ0) is 11.1. The topological polar surface area (TPSA) is 15.3 Å². The Labute approximate surface area is 96.9 Å². The minimum Gasteiger partial charge on any atom is -0.319 e. The minimum absolute atomic E-state index is 0. The quantitative estimate of drug-likeness (QED) is 0.731. The summed E-state index contributed by atoms with van der Waals surface area (Å²) in [6.07, 6.45) is 8.33. The second kappa shape index (κ2) is 7.24. The largest absolute Gasteiger partial charge is 0.319 e. The summed E-state index contributed by atoms with van der Waals surface area (Å²) in [6.45, 7) is 4.78. The van der Waals surface area contributed by atoms with Crippen LogP contribution in [0.3, 0.4) is 0 Å². The van der Waals surface area contributed by atoms with Crippen LogP contribution in [-0.4, -0.2) is 38.1 Å². The summed E-state index contributed by atoms with van der Waals surface area (Å²) in [7, 11) is 4.37. The maximum Gasteiger partial charge on any atom is 0.00924 e. The molecule has 2 nitrogen and oxygen atoms in total. The van der Waals surface area contributed by atoms with Gasteiger partial charge in [0.1, 0.15) is 0 Å². The van der Waals surface area contributed by atoms with Gasteiger partial charge in [0.05, 0.1) is 0 Å². The molecule has 0 radical (unpaired) electrons. The summed E-state index contributed by atoms with van der Waals surface area (Å²) in [4.78, 5) is 2.58. The van der Waals surface area contributed by atoms with E-state index in [1.807, 2.05) is 0 Å². The molecule has 0 aromatic heterocycles. The first-order valence-corrected chi connectivity index (χ1v) is 6.62. The van der Waals surface area contributed by atoms with E-state index in [4.69, 9.17) is 0 Å². The van der Waals surface area contributed by atoms with Crippen molar-refractivity contribution in [3.63, 3.8) is 0 Å². The van der Waals surface area contributed by atoms with Gasteiger partial charge in [0.2, 0.25) is 0 Å². The molecule has 15 heavy (non-hydrogen) atoms. The Balaban J connectivity index is 0.00000225. The second-order valence-corrected chi connectivity index (χ2v) is 5.07. The lowest BCUT2D eigenvalue weighted by atomic mass is 9.85. The standard InChI is InChI=1S/C13H28N2.H2/c1-4-5-10-15(3)13-8-6-12(7-9-13)11-14-2;/h12-14H,4-11H2,1-3H3;1H. The van der Waals surface area contributed by atoms with Crippen LogP contribution in [-0.2, 0) is 0 Å². The molecular weight excluding hydrogens is 184 g/mol. The van der Waals surface area contributed by atoms with Gasteiger partial charge in [-0.15, -0.1) is 0 Å². The fourth-order valence-electron chi connectivity index (χ4n) is 2.67. The Morgan fingerprint density at radius 1 is 1.27 bits per heavy atom. The highest BCUT2D eigenvalue weighted by molar-refractivity contribution is 4.78. The molecule has 1 aliphatic carbocycles. The van der Waals surface area contributed by atoms with Crippen molar-refractivity contribution >= 4 is 0 Å². The van der Waals surface area contributed by atoms with Crippen molar-refractivity contribution in [3.8, 4) is 0 Å². The van der Waals surface area contributed by atoms with E-state index in [0.29, 0.717) is 0 Å². The Morgan fingerprint density at radius 3 is 2.47 bits per heavy atom. The highest BCUT2D eigenvalue weighted by Gasteiger charge is 2.22. The maximum absolute atomic E-state index is 3.30. The molecule has 0 spiro atoms. The summed E-state index contributed by atoms with van der Waals surface area (Å²) in [5.74, 6) is 0.936. The van der Waals surface area contributed by atoms with Gasteiger partial charge in [-0.1, -0.05) is 13.3 Å². The Morgan fingerprint density at radius 2 is 1.93 bits per heavy atom. The highest BCUT2D eigenvalue weighted by Crippen LogP contribution is 2.26. The lowest BCUT2D eigenvalue weighted by Gasteiger charge is -2.34. The molecule has 92 valence electrons. The minimum atomic E-state index is 0. The fourth-order valence-corrected chi connectivity index (χ4v) is 2.67. The molecule has 1 N–H and O–H groups in total. The summed E-state index contributed by atoms with van der Waals surface area (Å²) >= 11 is 0. The van der Waals surface area contributed by atoms with Gasteiger partial charge in [-0.3, -0.25) is 0 Å². The second-order valence-electron chi connectivity index (χ2n) is 5.07. The van der Waals surface area contributed by atoms with Crippen LogP contribution in [0.4, 0.5) is 0 Å². The van der Waals surface area contributed by atoms with Crippen LogP contribution in [0.15, 0.2) is 0 Å². The van der Waals surface area contributed by atoms with E-state index in [2.05, 4.69) is 31.2 Å². The van der Waals surface area contributed by atoms with Crippen LogP contribution in [0, 0.1) is 5.92 Å². The number of unbranched alkanes of at least 4 members (excludes halogenated alkanes) is 1. The SMILES string of the molecule is CCCCN(C)C1CCC(CNC)CC1.[HH]. The van der Waals surface area contributed by atoms with E-state index in [9.17, 15) is 0 Å². The number of hydrogen-bond acceptors (Lipinski definition) is 2. The molecule has 0 aliphatic heterocycles. The summed E-state index contributed by atoms with van der Waals surface area (Å²) in [6, 6.07) is 0.865. The average molecular weight is 214 g/mol. The molecule has 0 amide bonds. The van der Waals surface area contributed by atoms with Crippen LogP contribution in [0.25, 0.3) is 0 Å². The van der Waals surface area contributed by atoms with Gasteiger partial charge in [-0.25, -0.2) is 0 Å². The molecule has 0 aromatic carbocycles. The molecule has 0 bridgehead atoms. The number of rotatable bonds is 6. The Bertz CT molecular complexity index is 156. The third kappa shape index (κ3) is 4.52. The molecule has 0 aromatic rings. The summed E-state index contributed by atoms with van der Waals surface area (Å²) in [5.41, 5.74) is 0. The first-order chi connectivity index (χ1) is 7.27. The van der Waals surface area contributed by atoms with Gasteiger partial charge in [0.15, 0.2) is 0 Å². The maximum atomic E-state index is 3.30. The molecule has 0 atom stereocenters. The third-order valence-corrected chi connectivity index (χ3v) is 3.80. The molecule has 1 aliphatic rings. The van der Waals surface area contributed by atoms with Crippen LogP contribution in [0.5, 0.6) is 0 Å². The molecule has 2 heteroatoms. The number of hydrogen-bond donors (Lipinski definition) is 1. The number of nitrogens with one attached hydrogen (secondary N) is 1. The predicted octanol–water partition coefficient (Wildman–Crippen LogP) is 2.74. The lowest BCUT2D eigenvalue weighted by molar-refractivity contribution is 0.163. The van der Waals surface area contributed by atoms with Gasteiger partial charge in [-0.2, -0.15) is 0 Å². The smallest absolute Gasteiger partial charge is 0.00924 e. The van der Waals surface area contributed by atoms with Crippen LogP contribution < -0.4 is 5.32 Å². The van der Waals surface area contributed by atoms with Gasteiger partial charge >= 0.3 is 0 Å². The van der Waals surface area contributed by atoms with Gasteiger partial charge in [0.25, 0.3) is 0 Å². The third-order valence-electron chi connectivity index (χ3n) is 3.80. The molecule has 1 fully saturated rings. The van der Waals surface area contributed by atoms with Crippen molar-refractivity contribution in [1.29, 1.82) is 0 Å². The van der Waals surface area contributed by atoms with Crippen molar-refractivity contribution in [1.82, 2.24) is 10.2 Å². The van der Waals surface area contributed by atoms with Crippen molar-refractivity contribution in [3.05, 3.63) is 0 Å². The van der Waals surface area contributed by atoms with Crippen LogP contribution in [0.2, 0.25) is 0 Å². The van der Waals surface area contributed by atoms with Gasteiger partial charge < -0.3 is 10.2 Å². The summed E-state index contributed by atoms with van der Waals surface area (Å²) < 4.78 is 0. The van der Waals surface area contributed by atoms with Gasteiger partial charge in [0, 0.05) is 7.47 Å². The van der Waals surface area contributed by atoms with Crippen molar-refractivity contribution in [2.75, 3.05) is 27.2 Å². The van der Waals surface area contributed by atoms with Crippen molar-refractivity contribution in [2.45, 2.75) is 51.5 Å². The van der Waals surface area contributed by atoms with Crippen molar-refractivity contribution < 1.29 is 1.43 Å². The van der Waals surface area contributed by atoms with E-state index in [1.165, 1.54) is 51.6 Å². The lowest BCUT2D eigenvalue weighted by Crippen LogP contribution is -2.37. The normalized spacial score (nSPS) is 27.2. The van der Waals surface area contributed by atoms with E-state index >= 15 is 0 Å². The van der Waals surface area contributed by atoms with E-state index < -0.39 is 0 Å². The van der Waals surface area contributed by atoms with Crippen LogP contribution in [0.1, 0.15) is 46.9 Å². The first kappa shape index (κ1) is 13.0. The first-order valence-electron chi connectivity index (χ1n) is 6.62. The monoisotopic (exact) mass is 214 g/mol. The molecule has 0 heterocycles. The highest BCUT2D eigenvalue weighted by atomic mass is 15.1. The zero-order valence-electron chi connectivity index (χ0n) is 10.8. The van der Waals surface area contributed by atoms with E-state index in [1.54, 1.807) is 0 Å². The molecule has 1 saturated carbocycles. The molecule has 0 saturated heterocycles. The van der Waals surface area contributed by atoms with E-state index in [0.717, 1.165) is 12.0 Å². The zero-order valence-corrected chi connectivity index (χ0v) is 10.8. The Hall–Kier alpha value is -0.0800. The van der Waals surface area contributed by atoms with Crippen molar-refractivity contribution in [2.24, 2.45) is 5.92 Å². The van der Waals surface area contributed by atoms with E-state index in [-0.39, 0.29) is 1.43 Å². The molecule has 1 rings (SSSR count). The van der Waals surface area contributed by atoms with Gasteiger partial charge in [-0.05, 0) is 65.2 Å². The fraction of sp³-hybridized carbons (Fsp3) is 1.00.